The summed E-state index contributed by atoms with van der Waals surface area (Å²) < 4.78 is 2.02. The Labute approximate surface area is 149 Å². The summed E-state index contributed by atoms with van der Waals surface area (Å²) in [4.78, 5) is 6.65. The topological polar surface area (TPSA) is 33.1 Å². The summed E-state index contributed by atoms with van der Waals surface area (Å²) in [6.45, 7) is 3.32. The van der Waals surface area contributed by atoms with Crippen LogP contribution in [0.15, 0.2) is 73.3 Å². The van der Waals surface area contributed by atoms with Gasteiger partial charge in [-0.15, -0.1) is 0 Å². The van der Waals surface area contributed by atoms with Gasteiger partial charge in [0.25, 0.3) is 0 Å². The summed E-state index contributed by atoms with van der Waals surface area (Å²) in [5.41, 5.74) is 3.72. The van der Waals surface area contributed by atoms with Crippen LogP contribution >= 0.6 is 0 Å². The van der Waals surface area contributed by atoms with Crippen molar-refractivity contribution in [3.05, 3.63) is 78.9 Å². The molecule has 3 aromatic rings. The van der Waals surface area contributed by atoms with Crippen LogP contribution in [0.3, 0.4) is 0 Å². The molecule has 1 aromatic heterocycles. The third kappa shape index (κ3) is 4.09. The monoisotopic (exact) mass is 332 g/mol. The SMILES string of the molecule is c1ccc(CN2CCCC(Nc3ccc(-n4ccnc4)cc3)C2)cc1. The number of nitrogens with zero attached hydrogens (tertiary/aromatic N) is 3. The quantitative estimate of drug-likeness (QED) is 0.768. The number of rotatable bonds is 5. The van der Waals surface area contributed by atoms with Gasteiger partial charge in [0.1, 0.15) is 0 Å². The van der Waals surface area contributed by atoms with Gasteiger partial charge in [-0.3, -0.25) is 4.90 Å². The first-order valence-electron chi connectivity index (χ1n) is 8.98. The lowest BCUT2D eigenvalue weighted by atomic mass is 10.0. The molecule has 0 aliphatic carbocycles. The van der Waals surface area contributed by atoms with Crippen molar-refractivity contribution in [1.29, 1.82) is 0 Å². The Balaban J connectivity index is 1.35. The van der Waals surface area contributed by atoms with Crippen LogP contribution in [0.1, 0.15) is 18.4 Å². The van der Waals surface area contributed by atoms with Crippen LogP contribution in [-0.2, 0) is 6.54 Å². The summed E-state index contributed by atoms with van der Waals surface area (Å²) in [5.74, 6) is 0. The number of aromatic nitrogens is 2. The predicted molar refractivity (Wildman–Crippen MR) is 102 cm³/mol. The minimum Gasteiger partial charge on any atom is -0.381 e. The maximum absolute atomic E-state index is 4.10. The third-order valence-electron chi connectivity index (χ3n) is 4.80. The first-order valence-corrected chi connectivity index (χ1v) is 8.98. The molecule has 4 rings (SSSR count). The molecular weight excluding hydrogens is 308 g/mol. The second-order valence-corrected chi connectivity index (χ2v) is 6.72. The van der Waals surface area contributed by atoms with Crippen molar-refractivity contribution in [2.75, 3.05) is 18.4 Å². The van der Waals surface area contributed by atoms with Crippen molar-refractivity contribution in [1.82, 2.24) is 14.5 Å². The van der Waals surface area contributed by atoms with Gasteiger partial charge in [0.15, 0.2) is 0 Å². The van der Waals surface area contributed by atoms with Gasteiger partial charge in [0, 0.05) is 42.9 Å². The normalized spacial score (nSPS) is 18.2. The predicted octanol–water partition coefficient (Wildman–Crippen LogP) is 3.95. The van der Waals surface area contributed by atoms with Crippen molar-refractivity contribution >= 4 is 5.69 Å². The summed E-state index contributed by atoms with van der Waals surface area (Å²) in [6.07, 6.45) is 8.07. The van der Waals surface area contributed by atoms with Crippen LogP contribution in [0.5, 0.6) is 0 Å². The molecule has 1 aliphatic rings. The highest BCUT2D eigenvalue weighted by Crippen LogP contribution is 2.19. The fourth-order valence-corrected chi connectivity index (χ4v) is 3.54. The molecule has 1 saturated heterocycles. The van der Waals surface area contributed by atoms with Gasteiger partial charge >= 0.3 is 0 Å². The van der Waals surface area contributed by atoms with Gasteiger partial charge in [0.2, 0.25) is 0 Å². The standard InChI is InChI=1S/C21H24N4/c1-2-5-18(6-3-1)15-24-13-4-7-20(16-24)23-19-8-10-21(11-9-19)25-14-12-22-17-25/h1-3,5-6,8-12,14,17,20,23H,4,7,13,15-16H2. The highest BCUT2D eigenvalue weighted by Gasteiger charge is 2.19. The molecule has 0 radical (unpaired) electrons. The smallest absolute Gasteiger partial charge is 0.0991 e. The van der Waals surface area contributed by atoms with Crippen LogP contribution in [0.25, 0.3) is 5.69 Å². The molecule has 4 nitrogen and oxygen atoms in total. The minimum absolute atomic E-state index is 0.511. The van der Waals surface area contributed by atoms with Crippen molar-refractivity contribution in [2.45, 2.75) is 25.4 Å². The zero-order valence-corrected chi connectivity index (χ0v) is 14.4. The molecule has 2 heterocycles. The van der Waals surface area contributed by atoms with E-state index in [1.807, 2.05) is 17.1 Å². The fraction of sp³-hybridized carbons (Fsp3) is 0.286. The molecule has 0 bridgehead atoms. The Kier molecular flexibility index (Phi) is 4.79. The minimum atomic E-state index is 0.511. The number of likely N-dealkylation sites (tertiary alicyclic amines) is 1. The van der Waals surface area contributed by atoms with E-state index in [0.29, 0.717) is 6.04 Å². The lowest BCUT2D eigenvalue weighted by molar-refractivity contribution is 0.208. The van der Waals surface area contributed by atoms with Gasteiger partial charge in [-0.25, -0.2) is 4.98 Å². The highest BCUT2D eigenvalue weighted by atomic mass is 15.2. The van der Waals surface area contributed by atoms with Crippen LogP contribution in [0.2, 0.25) is 0 Å². The van der Waals surface area contributed by atoms with E-state index < -0.39 is 0 Å². The van der Waals surface area contributed by atoms with E-state index in [-0.39, 0.29) is 0 Å². The Morgan fingerprint density at radius 1 is 1.04 bits per heavy atom. The molecule has 1 fully saturated rings. The van der Waals surface area contributed by atoms with E-state index in [2.05, 4.69) is 69.8 Å². The number of hydrogen-bond donors (Lipinski definition) is 1. The van der Waals surface area contributed by atoms with Gasteiger partial charge in [-0.05, 0) is 49.2 Å². The molecule has 4 heteroatoms. The summed E-state index contributed by atoms with van der Waals surface area (Å²) in [6, 6.07) is 19.8. The Morgan fingerprint density at radius 2 is 1.88 bits per heavy atom. The first kappa shape index (κ1) is 15.9. The molecule has 0 amide bonds. The second kappa shape index (κ2) is 7.53. The zero-order valence-electron chi connectivity index (χ0n) is 14.4. The van der Waals surface area contributed by atoms with Gasteiger partial charge in [-0.1, -0.05) is 30.3 Å². The van der Waals surface area contributed by atoms with Gasteiger partial charge < -0.3 is 9.88 Å². The maximum atomic E-state index is 4.10. The molecule has 0 saturated carbocycles. The number of piperidine rings is 1. The molecule has 1 atom stereocenters. The van der Waals surface area contributed by atoms with Crippen molar-refractivity contribution in [2.24, 2.45) is 0 Å². The molecule has 25 heavy (non-hydrogen) atoms. The lowest BCUT2D eigenvalue weighted by Gasteiger charge is -2.33. The molecular formula is C21H24N4. The van der Waals surface area contributed by atoms with E-state index in [1.54, 1.807) is 6.20 Å². The van der Waals surface area contributed by atoms with Crippen LogP contribution in [0.4, 0.5) is 5.69 Å². The molecule has 128 valence electrons. The Bertz CT molecular complexity index is 765. The second-order valence-electron chi connectivity index (χ2n) is 6.72. The van der Waals surface area contributed by atoms with E-state index >= 15 is 0 Å². The van der Waals surface area contributed by atoms with Crippen molar-refractivity contribution in [3.8, 4) is 5.69 Å². The number of benzene rings is 2. The van der Waals surface area contributed by atoms with E-state index in [9.17, 15) is 0 Å². The fourth-order valence-electron chi connectivity index (χ4n) is 3.54. The van der Waals surface area contributed by atoms with E-state index in [1.165, 1.54) is 30.6 Å². The number of nitrogens with one attached hydrogen (secondary N) is 1. The van der Waals surface area contributed by atoms with E-state index in [0.717, 1.165) is 18.8 Å². The number of imidazole rings is 1. The van der Waals surface area contributed by atoms with E-state index in [4.69, 9.17) is 0 Å². The van der Waals surface area contributed by atoms with Crippen LogP contribution in [0, 0.1) is 0 Å². The largest absolute Gasteiger partial charge is 0.381 e. The Morgan fingerprint density at radius 3 is 2.64 bits per heavy atom. The van der Waals surface area contributed by atoms with Crippen molar-refractivity contribution < 1.29 is 0 Å². The molecule has 1 aliphatic heterocycles. The number of hydrogen-bond acceptors (Lipinski definition) is 3. The first-order chi connectivity index (χ1) is 12.4. The molecule has 0 spiro atoms. The summed E-state index contributed by atoms with van der Waals surface area (Å²) in [5, 5.41) is 3.70. The average molecular weight is 332 g/mol. The highest BCUT2D eigenvalue weighted by molar-refractivity contribution is 5.49. The van der Waals surface area contributed by atoms with Crippen molar-refractivity contribution in [3.63, 3.8) is 0 Å². The van der Waals surface area contributed by atoms with Crippen LogP contribution < -0.4 is 5.32 Å². The van der Waals surface area contributed by atoms with Crippen LogP contribution in [-0.4, -0.2) is 33.6 Å². The molecule has 1 N–H and O–H groups in total. The maximum Gasteiger partial charge on any atom is 0.0991 e. The van der Waals surface area contributed by atoms with Gasteiger partial charge in [0.05, 0.1) is 6.33 Å². The average Bonchev–Trinajstić information content (AvgIpc) is 3.18. The summed E-state index contributed by atoms with van der Waals surface area (Å²) in [7, 11) is 0. The lowest BCUT2D eigenvalue weighted by Crippen LogP contribution is -2.41. The molecule has 1 unspecified atom stereocenters. The third-order valence-corrected chi connectivity index (χ3v) is 4.80. The van der Waals surface area contributed by atoms with Gasteiger partial charge in [-0.2, -0.15) is 0 Å². The molecule has 2 aromatic carbocycles. The summed E-state index contributed by atoms with van der Waals surface area (Å²) >= 11 is 0. The number of anilines is 1. The Hall–Kier alpha value is -2.59. The zero-order chi connectivity index (χ0) is 16.9.